The third-order valence-electron chi connectivity index (χ3n) is 3.37. The predicted octanol–water partition coefficient (Wildman–Crippen LogP) is 2.79. The molecule has 0 bridgehead atoms. The lowest BCUT2D eigenvalue weighted by molar-refractivity contribution is 0.599. The first-order valence-corrected chi connectivity index (χ1v) is 9.10. The quantitative estimate of drug-likeness (QED) is 0.720. The largest absolute Gasteiger partial charge is 0.265 e. The van der Waals surface area contributed by atoms with Crippen molar-refractivity contribution in [2.75, 3.05) is 4.72 Å². The molecule has 0 atom stereocenters. The van der Waals surface area contributed by atoms with Crippen molar-refractivity contribution < 1.29 is 12.8 Å². The Morgan fingerprint density at radius 3 is 2.62 bits per heavy atom. The Morgan fingerprint density at radius 1 is 1.23 bits per heavy atom. The molecule has 2 aromatic carbocycles. The van der Waals surface area contributed by atoms with Crippen molar-refractivity contribution in [2.24, 2.45) is 0 Å². The minimum atomic E-state index is -4.05. The number of sulfonamides is 1. The molecule has 0 aliphatic carbocycles. The van der Waals surface area contributed by atoms with E-state index in [1.807, 2.05) is 6.07 Å². The number of halogens is 2. The van der Waals surface area contributed by atoms with E-state index in [4.69, 9.17) is 16.9 Å². The molecule has 132 valence electrons. The van der Waals surface area contributed by atoms with Crippen LogP contribution in [0, 0.1) is 17.1 Å². The van der Waals surface area contributed by atoms with Gasteiger partial charge < -0.3 is 0 Å². The number of anilines is 1. The van der Waals surface area contributed by atoms with Gasteiger partial charge >= 0.3 is 0 Å². The Balaban J connectivity index is 1.76. The fourth-order valence-electron chi connectivity index (χ4n) is 2.16. The zero-order valence-corrected chi connectivity index (χ0v) is 14.7. The highest BCUT2D eigenvalue weighted by molar-refractivity contribution is 7.92. The Labute approximate surface area is 153 Å². The van der Waals surface area contributed by atoms with Crippen molar-refractivity contribution in [3.8, 4) is 6.07 Å². The molecule has 0 aliphatic rings. The molecule has 1 N–H and O–H groups in total. The van der Waals surface area contributed by atoms with Crippen LogP contribution in [-0.4, -0.2) is 23.2 Å². The van der Waals surface area contributed by atoms with Crippen LogP contribution in [0.5, 0.6) is 0 Å². The van der Waals surface area contributed by atoms with Crippen molar-refractivity contribution in [2.45, 2.75) is 11.4 Å². The zero-order chi connectivity index (χ0) is 18.7. The van der Waals surface area contributed by atoms with Gasteiger partial charge in [0, 0.05) is 0 Å². The maximum atomic E-state index is 13.1. The van der Waals surface area contributed by atoms with E-state index in [-0.39, 0.29) is 15.9 Å². The highest BCUT2D eigenvalue weighted by Crippen LogP contribution is 2.23. The second-order valence-electron chi connectivity index (χ2n) is 5.25. The van der Waals surface area contributed by atoms with E-state index in [0.717, 1.165) is 23.8 Å². The summed E-state index contributed by atoms with van der Waals surface area (Å²) in [6.45, 7) is 0.345. The van der Waals surface area contributed by atoms with E-state index in [0.29, 0.717) is 12.1 Å². The summed E-state index contributed by atoms with van der Waals surface area (Å²) in [6, 6.07) is 11.9. The molecule has 26 heavy (non-hydrogen) atoms. The Morgan fingerprint density at radius 2 is 1.96 bits per heavy atom. The molecule has 0 amide bonds. The molecule has 1 heterocycles. The van der Waals surface area contributed by atoms with Gasteiger partial charge in [-0.3, -0.25) is 0 Å². The van der Waals surface area contributed by atoms with Crippen molar-refractivity contribution in [1.82, 2.24) is 14.8 Å². The molecule has 0 saturated heterocycles. The average Bonchev–Trinajstić information content (AvgIpc) is 3.01. The smallest absolute Gasteiger partial charge is 0.246 e. The summed E-state index contributed by atoms with van der Waals surface area (Å²) in [5, 5.41) is 12.6. The van der Waals surface area contributed by atoms with Crippen molar-refractivity contribution >= 4 is 27.6 Å². The summed E-state index contributed by atoms with van der Waals surface area (Å²) in [4.78, 5) is 3.62. The third kappa shape index (κ3) is 3.99. The number of hydrogen-bond donors (Lipinski definition) is 1. The monoisotopic (exact) mass is 391 g/mol. The predicted molar refractivity (Wildman–Crippen MR) is 92.5 cm³/mol. The van der Waals surface area contributed by atoms with E-state index in [9.17, 15) is 12.8 Å². The van der Waals surface area contributed by atoms with Gasteiger partial charge in [-0.1, -0.05) is 23.7 Å². The second kappa shape index (κ2) is 7.11. The number of benzene rings is 2. The molecule has 0 saturated carbocycles. The summed E-state index contributed by atoms with van der Waals surface area (Å²) in [5.74, 6) is -0.780. The van der Waals surface area contributed by atoms with Crippen LogP contribution in [0.3, 0.4) is 0 Å². The SMILES string of the molecule is N#Cc1ccc(Cn2cnc(NS(=O)(=O)c3ccc(F)cc3Cl)n2)cc1. The average molecular weight is 392 g/mol. The van der Waals surface area contributed by atoms with Crippen molar-refractivity contribution in [3.63, 3.8) is 0 Å². The van der Waals surface area contributed by atoms with Crippen LogP contribution in [0.4, 0.5) is 10.3 Å². The van der Waals surface area contributed by atoms with Gasteiger partial charge in [-0.2, -0.15) is 10.2 Å². The number of nitrogens with one attached hydrogen (secondary N) is 1. The summed E-state index contributed by atoms with van der Waals surface area (Å²) in [5.41, 5.74) is 1.40. The molecule has 0 aliphatic heterocycles. The van der Waals surface area contributed by atoms with Crippen LogP contribution in [-0.2, 0) is 16.6 Å². The van der Waals surface area contributed by atoms with Crippen molar-refractivity contribution in [1.29, 1.82) is 5.26 Å². The lowest BCUT2D eigenvalue weighted by atomic mass is 10.1. The second-order valence-corrected chi connectivity index (χ2v) is 7.31. The van der Waals surface area contributed by atoms with Gasteiger partial charge in [-0.25, -0.2) is 22.2 Å². The molecule has 3 aromatic rings. The van der Waals surface area contributed by atoms with Gasteiger partial charge in [0.05, 0.1) is 23.2 Å². The van der Waals surface area contributed by atoms with Gasteiger partial charge in [0.2, 0.25) is 0 Å². The van der Waals surface area contributed by atoms with Gasteiger partial charge in [0.1, 0.15) is 17.0 Å². The van der Waals surface area contributed by atoms with E-state index in [2.05, 4.69) is 14.8 Å². The first-order valence-electron chi connectivity index (χ1n) is 7.24. The molecule has 10 heteroatoms. The van der Waals surface area contributed by atoms with Gasteiger partial charge in [0.15, 0.2) is 0 Å². The minimum Gasteiger partial charge on any atom is -0.246 e. The molecule has 0 unspecified atom stereocenters. The summed E-state index contributed by atoms with van der Waals surface area (Å²) >= 11 is 5.79. The van der Waals surface area contributed by atoms with Crippen LogP contribution in [0.1, 0.15) is 11.1 Å². The molecular weight excluding hydrogens is 381 g/mol. The van der Waals surface area contributed by atoms with Crippen molar-refractivity contribution in [3.05, 3.63) is 70.8 Å². The first-order chi connectivity index (χ1) is 12.4. The number of nitrogens with zero attached hydrogens (tertiary/aromatic N) is 4. The van der Waals surface area contributed by atoms with Crippen LogP contribution in [0.25, 0.3) is 0 Å². The molecule has 0 spiro atoms. The molecule has 0 radical (unpaired) electrons. The van der Waals surface area contributed by atoms with Crippen LogP contribution in [0.2, 0.25) is 5.02 Å². The number of aromatic nitrogens is 3. The van der Waals surface area contributed by atoms with Crippen LogP contribution >= 0.6 is 11.6 Å². The maximum absolute atomic E-state index is 13.1. The van der Waals surface area contributed by atoms with E-state index in [1.165, 1.54) is 11.0 Å². The lowest BCUT2D eigenvalue weighted by Crippen LogP contribution is -2.15. The number of rotatable bonds is 5. The normalized spacial score (nSPS) is 11.1. The number of nitriles is 1. The fraction of sp³-hybridized carbons (Fsp3) is 0.0625. The molecular formula is C16H11ClFN5O2S. The minimum absolute atomic E-state index is 0.140. The Kier molecular flexibility index (Phi) is 4.88. The first kappa shape index (κ1) is 17.8. The molecule has 3 rings (SSSR count). The van der Waals surface area contributed by atoms with E-state index >= 15 is 0 Å². The third-order valence-corrected chi connectivity index (χ3v) is 5.18. The number of hydrogen-bond acceptors (Lipinski definition) is 5. The van der Waals surface area contributed by atoms with Gasteiger partial charge in [-0.05, 0) is 35.9 Å². The maximum Gasteiger partial charge on any atom is 0.265 e. The fourth-order valence-corrected chi connectivity index (χ4v) is 3.64. The highest BCUT2D eigenvalue weighted by Gasteiger charge is 2.20. The van der Waals surface area contributed by atoms with Crippen LogP contribution < -0.4 is 4.72 Å². The summed E-state index contributed by atoms with van der Waals surface area (Å²) in [7, 11) is -4.05. The summed E-state index contributed by atoms with van der Waals surface area (Å²) in [6.07, 6.45) is 1.36. The molecule has 1 aromatic heterocycles. The lowest BCUT2D eigenvalue weighted by Gasteiger charge is -2.06. The Hall–Kier alpha value is -2.96. The molecule has 7 nitrogen and oxygen atoms in total. The van der Waals surface area contributed by atoms with E-state index in [1.54, 1.807) is 24.3 Å². The van der Waals surface area contributed by atoms with Crippen LogP contribution in [0.15, 0.2) is 53.7 Å². The Bertz CT molecular complexity index is 1090. The molecule has 0 fully saturated rings. The topological polar surface area (TPSA) is 101 Å². The van der Waals surface area contributed by atoms with E-state index < -0.39 is 15.8 Å². The standard InChI is InChI=1S/C16H11ClFN5O2S/c17-14-7-13(18)5-6-15(14)26(24,25)22-16-20-10-23(21-16)9-12-3-1-11(8-19)2-4-12/h1-7,10H,9H2,(H,21,22). The van der Waals surface area contributed by atoms with Gasteiger partial charge in [-0.15, -0.1) is 5.10 Å². The zero-order valence-electron chi connectivity index (χ0n) is 13.1. The van der Waals surface area contributed by atoms with Gasteiger partial charge in [0.25, 0.3) is 16.0 Å². The highest BCUT2D eigenvalue weighted by atomic mass is 35.5. The summed E-state index contributed by atoms with van der Waals surface area (Å²) < 4.78 is 41.4.